The van der Waals surface area contributed by atoms with Crippen molar-refractivity contribution < 1.29 is 13.5 Å². The fourth-order valence-electron chi connectivity index (χ4n) is 2.09. The molecule has 0 fully saturated rings. The summed E-state index contributed by atoms with van der Waals surface area (Å²) in [4.78, 5) is 0.897. The van der Waals surface area contributed by atoms with Crippen molar-refractivity contribution >= 4 is 21.4 Å². The Morgan fingerprint density at radius 2 is 2.00 bits per heavy atom. The Kier molecular flexibility index (Phi) is 7.72. The van der Waals surface area contributed by atoms with Gasteiger partial charge in [0.2, 0.25) is 10.0 Å². The fraction of sp³-hybridized carbons (Fsp3) is 0.714. The van der Waals surface area contributed by atoms with Gasteiger partial charge in [0.05, 0.1) is 0 Å². The summed E-state index contributed by atoms with van der Waals surface area (Å²) in [7, 11) is -3.42. The van der Waals surface area contributed by atoms with Gasteiger partial charge < -0.3 is 5.11 Å². The van der Waals surface area contributed by atoms with Crippen LogP contribution in [0.3, 0.4) is 0 Å². The van der Waals surface area contributed by atoms with Crippen LogP contribution in [0.15, 0.2) is 16.3 Å². The van der Waals surface area contributed by atoms with Gasteiger partial charge in [-0.3, -0.25) is 0 Å². The van der Waals surface area contributed by atoms with Crippen LogP contribution in [0, 0.1) is 0 Å². The number of sulfonamides is 1. The van der Waals surface area contributed by atoms with E-state index in [0.717, 1.165) is 37.0 Å². The molecular formula is C14H25NO3S2. The van der Waals surface area contributed by atoms with Crippen LogP contribution in [0.5, 0.6) is 0 Å². The average molecular weight is 319 g/mol. The van der Waals surface area contributed by atoms with Crippen LogP contribution in [0.2, 0.25) is 0 Å². The molecule has 0 aromatic carbocycles. The molecule has 1 rings (SSSR count). The van der Waals surface area contributed by atoms with Gasteiger partial charge in [0, 0.05) is 23.9 Å². The second-order valence-corrected chi connectivity index (χ2v) is 8.05. The van der Waals surface area contributed by atoms with E-state index in [1.807, 2.05) is 0 Å². The first-order chi connectivity index (χ1) is 9.53. The Balaban J connectivity index is 2.74. The minimum Gasteiger partial charge on any atom is -0.396 e. The van der Waals surface area contributed by atoms with Crippen molar-refractivity contribution in [1.82, 2.24) is 4.72 Å². The molecule has 6 heteroatoms. The quantitative estimate of drug-likeness (QED) is 0.697. The summed E-state index contributed by atoms with van der Waals surface area (Å²) < 4.78 is 27.8. The van der Waals surface area contributed by atoms with E-state index in [1.165, 1.54) is 11.3 Å². The molecule has 0 aliphatic carbocycles. The van der Waals surface area contributed by atoms with Crippen molar-refractivity contribution in [3.8, 4) is 0 Å². The lowest BCUT2D eigenvalue weighted by Gasteiger charge is -2.17. The largest absolute Gasteiger partial charge is 0.396 e. The van der Waals surface area contributed by atoms with Gasteiger partial charge in [-0.15, -0.1) is 11.3 Å². The second-order valence-electron chi connectivity index (χ2n) is 4.94. The molecule has 1 atom stereocenters. The molecule has 1 unspecified atom stereocenters. The van der Waals surface area contributed by atoms with E-state index < -0.39 is 10.0 Å². The highest BCUT2D eigenvalue weighted by atomic mass is 32.2. The van der Waals surface area contributed by atoms with Crippen LogP contribution in [-0.4, -0.2) is 26.2 Å². The summed E-state index contributed by atoms with van der Waals surface area (Å²) in [6, 6.07) is 3.42. The van der Waals surface area contributed by atoms with Gasteiger partial charge in [0.15, 0.2) is 0 Å². The average Bonchev–Trinajstić information content (AvgIpc) is 2.86. The van der Waals surface area contributed by atoms with E-state index >= 15 is 0 Å². The van der Waals surface area contributed by atoms with Crippen LogP contribution in [-0.2, 0) is 16.4 Å². The number of aliphatic hydroxyl groups excluding tert-OH is 1. The number of hydrogen-bond acceptors (Lipinski definition) is 4. The zero-order valence-electron chi connectivity index (χ0n) is 12.3. The van der Waals surface area contributed by atoms with Crippen LogP contribution < -0.4 is 4.72 Å². The van der Waals surface area contributed by atoms with E-state index in [2.05, 4.69) is 18.6 Å². The molecule has 1 aromatic rings. The summed E-state index contributed by atoms with van der Waals surface area (Å²) in [6.07, 6.45) is 5.34. The number of thiophene rings is 1. The molecule has 2 N–H and O–H groups in total. The van der Waals surface area contributed by atoms with E-state index in [0.29, 0.717) is 10.6 Å². The van der Waals surface area contributed by atoms with E-state index in [1.54, 1.807) is 12.1 Å². The van der Waals surface area contributed by atoms with E-state index in [9.17, 15) is 8.42 Å². The highest BCUT2D eigenvalue weighted by Crippen LogP contribution is 2.23. The molecule has 0 aliphatic heterocycles. The van der Waals surface area contributed by atoms with Crippen molar-refractivity contribution in [2.75, 3.05) is 6.61 Å². The minimum absolute atomic E-state index is 0.0216. The Morgan fingerprint density at radius 1 is 1.25 bits per heavy atom. The molecule has 0 spiro atoms. The third kappa shape index (κ3) is 5.52. The molecule has 0 saturated heterocycles. The van der Waals surface area contributed by atoms with Gasteiger partial charge in [0.25, 0.3) is 0 Å². The maximum Gasteiger partial charge on any atom is 0.250 e. The van der Waals surface area contributed by atoms with Gasteiger partial charge in [-0.25, -0.2) is 13.1 Å². The zero-order chi connectivity index (χ0) is 15.0. The van der Waals surface area contributed by atoms with Crippen LogP contribution >= 0.6 is 11.3 Å². The minimum atomic E-state index is -3.42. The molecule has 0 aliphatic rings. The monoisotopic (exact) mass is 319 g/mol. The van der Waals surface area contributed by atoms with Gasteiger partial charge in [-0.05, 0) is 25.0 Å². The second kappa shape index (κ2) is 8.77. The molecule has 0 radical (unpaired) electrons. The molecule has 4 nitrogen and oxygen atoms in total. The number of rotatable bonds is 10. The normalized spacial score (nSPS) is 13.6. The molecule has 0 amide bonds. The molecule has 0 bridgehead atoms. The highest BCUT2D eigenvalue weighted by molar-refractivity contribution is 7.91. The fourth-order valence-corrected chi connectivity index (χ4v) is 4.75. The van der Waals surface area contributed by atoms with Gasteiger partial charge in [-0.1, -0.05) is 33.1 Å². The van der Waals surface area contributed by atoms with Crippen molar-refractivity contribution in [1.29, 1.82) is 0 Å². The van der Waals surface area contributed by atoms with Crippen molar-refractivity contribution in [2.24, 2.45) is 0 Å². The Bertz CT molecular complexity index is 482. The van der Waals surface area contributed by atoms with Gasteiger partial charge in [-0.2, -0.15) is 0 Å². The van der Waals surface area contributed by atoms with E-state index in [4.69, 9.17) is 5.11 Å². The van der Waals surface area contributed by atoms with Crippen LogP contribution in [0.4, 0.5) is 0 Å². The zero-order valence-corrected chi connectivity index (χ0v) is 13.9. The number of unbranched alkanes of at least 4 members (excludes halogenated alkanes) is 1. The summed E-state index contributed by atoms with van der Waals surface area (Å²) in [6.45, 7) is 4.22. The topological polar surface area (TPSA) is 66.4 Å². The van der Waals surface area contributed by atoms with Gasteiger partial charge >= 0.3 is 0 Å². The molecule has 116 valence electrons. The standard InChI is InChI=1S/C14H25NO3S2/c1-3-5-7-12(6-4-2)15-20(17,18)14-9-8-13(19-14)10-11-16/h8-9,12,15-16H,3-7,10-11H2,1-2H3. The molecule has 20 heavy (non-hydrogen) atoms. The van der Waals surface area contributed by atoms with Crippen molar-refractivity contribution in [3.05, 3.63) is 17.0 Å². The van der Waals surface area contributed by atoms with E-state index in [-0.39, 0.29) is 12.6 Å². The Labute approximate surface area is 126 Å². The third-order valence-corrected chi connectivity index (χ3v) is 6.28. The first-order valence-electron chi connectivity index (χ1n) is 7.25. The molecule has 0 saturated carbocycles. The van der Waals surface area contributed by atoms with Crippen molar-refractivity contribution in [3.63, 3.8) is 0 Å². The Hall–Kier alpha value is -0.430. The molecule has 1 heterocycles. The highest BCUT2D eigenvalue weighted by Gasteiger charge is 2.21. The number of nitrogens with one attached hydrogen (secondary N) is 1. The first-order valence-corrected chi connectivity index (χ1v) is 9.55. The lowest BCUT2D eigenvalue weighted by atomic mass is 10.1. The summed E-state index contributed by atoms with van der Waals surface area (Å²) in [5, 5.41) is 8.89. The number of hydrogen-bond donors (Lipinski definition) is 2. The number of aliphatic hydroxyl groups is 1. The Morgan fingerprint density at radius 3 is 2.60 bits per heavy atom. The lowest BCUT2D eigenvalue weighted by molar-refractivity contribution is 0.300. The predicted molar refractivity (Wildman–Crippen MR) is 83.7 cm³/mol. The SMILES string of the molecule is CCCCC(CCC)NS(=O)(=O)c1ccc(CCO)s1. The first kappa shape index (κ1) is 17.6. The smallest absolute Gasteiger partial charge is 0.250 e. The summed E-state index contributed by atoms with van der Waals surface area (Å²) in [5.41, 5.74) is 0. The van der Waals surface area contributed by atoms with Crippen LogP contribution in [0.1, 0.15) is 50.8 Å². The third-order valence-electron chi connectivity index (χ3n) is 3.13. The van der Waals surface area contributed by atoms with Crippen molar-refractivity contribution in [2.45, 2.75) is 62.6 Å². The molecular weight excluding hydrogens is 294 g/mol. The summed E-state index contributed by atoms with van der Waals surface area (Å²) in [5.74, 6) is 0. The lowest BCUT2D eigenvalue weighted by Crippen LogP contribution is -2.34. The summed E-state index contributed by atoms with van der Waals surface area (Å²) >= 11 is 1.24. The van der Waals surface area contributed by atoms with Gasteiger partial charge in [0.1, 0.15) is 4.21 Å². The van der Waals surface area contributed by atoms with Crippen LogP contribution in [0.25, 0.3) is 0 Å². The maximum absolute atomic E-state index is 12.3. The molecule has 1 aromatic heterocycles. The predicted octanol–water partition coefficient (Wildman–Crippen LogP) is 2.92. The maximum atomic E-state index is 12.3.